The van der Waals surface area contributed by atoms with E-state index >= 15 is 14.4 Å². The van der Waals surface area contributed by atoms with Gasteiger partial charge in [-0.3, -0.25) is 14.4 Å². The van der Waals surface area contributed by atoms with Gasteiger partial charge < -0.3 is 31.9 Å². The molecule has 9 nitrogen and oxygen atoms in total. The standard InChI is InChI=1S/C139H250N6O3/c1-7-13-19-25-31-37-43-49-55-61-67-73-79-85-94-106-118-143(119-107-95-86-80-74-68-62-56-50-44-38-32-26-20-14-8-2)124-112-100-91-103-115-132-136(133(140)146)127-131-128-137(130-136,134(141)147)138(139(132,129-131)135(142)148,116-104-92-101-113-125-144(120-108-96-87-81-75-69-63-57-51-45-39-33-27-21-15-9-3)121-109-97-88-82-76-70-64-58-52-46-40-34-28-22-16-10-4)117-105-93-102-114-126-145(122-110-98-89-83-77-71-65-59-53-47-41-35-29-23-17-11-5)123-111-99-90-84-78-72-66-60-54-48-42-36-30-24-18-12-6/h31-42,49-60,131-132H,7-30,43-48,61-130H2,1-6H3,(H2,140,146)(H2,141,147)(H2,142,148)/b37-31-,38-32-,39-33-,40-34-,41-35-,42-36-,55-49-,56-50-,57-51-,58-52-,59-53-,60-54-. The number of allylic oxidation sites excluding steroid dienone is 24. The maximum atomic E-state index is 15.9. The molecule has 6 N–H and O–H groups in total. The van der Waals surface area contributed by atoms with Crippen molar-refractivity contribution >= 4 is 17.7 Å². The van der Waals surface area contributed by atoms with Gasteiger partial charge in [-0.05, 0) is 372 Å². The van der Waals surface area contributed by atoms with Gasteiger partial charge in [-0.1, -0.05) is 476 Å². The third-order valence-electron chi connectivity index (χ3n) is 34.4. The second-order valence-corrected chi connectivity index (χ2v) is 47.2. The molecule has 0 aromatic rings. The van der Waals surface area contributed by atoms with E-state index in [4.69, 9.17) is 17.2 Å². The summed E-state index contributed by atoms with van der Waals surface area (Å²) in [5.41, 5.74) is 17.7. The highest BCUT2D eigenvalue weighted by molar-refractivity contribution is 5.93. The number of rotatable bonds is 114. The minimum Gasteiger partial charge on any atom is -0.369 e. The van der Waals surface area contributed by atoms with Crippen LogP contribution >= 0.6 is 0 Å². The lowest BCUT2D eigenvalue weighted by atomic mass is 9.25. The van der Waals surface area contributed by atoms with E-state index in [9.17, 15) is 0 Å². The molecule has 148 heavy (non-hydrogen) atoms. The summed E-state index contributed by atoms with van der Waals surface area (Å²) in [6.07, 6.45) is 166. The first-order valence-electron chi connectivity index (χ1n) is 65.8. The summed E-state index contributed by atoms with van der Waals surface area (Å²) in [5, 5.41) is 0. The quantitative estimate of drug-likeness (QED) is 0.0409. The van der Waals surface area contributed by atoms with E-state index in [1.807, 2.05) is 0 Å². The topological polar surface area (TPSA) is 139 Å². The third-order valence-corrected chi connectivity index (χ3v) is 34.4. The number of nitrogens with zero attached hydrogens (tertiary/aromatic N) is 3. The summed E-state index contributed by atoms with van der Waals surface area (Å²) in [7, 11) is 0. The molecule has 9 heteroatoms. The fourth-order valence-electron chi connectivity index (χ4n) is 25.6. The van der Waals surface area contributed by atoms with Gasteiger partial charge in [-0.15, -0.1) is 0 Å². The fraction of sp³-hybridized carbons (Fsp3) is 0.806. The summed E-state index contributed by atoms with van der Waals surface area (Å²) in [5.74, 6) is -1.18. The molecule has 0 saturated heterocycles. The zero-order valence-corrected chi connectivity index (χ0v) is 99.5. The smallest absolute Gasteiger partial charge is 0.224 e. The van der Waals surface area contributed by atoms with Gasteiger partial charge in [-0.25, -0.2) is 0 Å². The Morgan fingerprint density at radius 2 is 0.399 bits per heavy atom. The van der Waals surface area contributed by atoms with E-state index in [0.29, 0.717) is 25.7 Å². The molecule has 4 saturated carbocycles. The van der Waals surface area contributed by atoms with Crippen LogP contribution in [-0.4, -0.2) is 91.3 Å². The molecule has 4 bridgehead atoms. The van der Waals surface area contributed by atoms with Gasteiger partial charge in [0.25, 0.3) is 0 Å². The van der Waals surface area contributed by atoms with Crippen molar-refractivity contribution in [1.29, 1.82) is 0 Å². The van der Waals surface area contributed by atoms with Crippen LogP contribution in [0.5, 0.6) is 0 Å². The Balaban J connectivity index is 1.91. The highest BCUT2D eigenvalue weighted by atomic mass is 16.2. The number of nitrogens with two attached hydrogens (primary N) is 3. The molecule has 3 amide bonds. The van der Waals surface area contributed by atoms with Crippen LogP contribution in [0.2, 0.25) is 0 Å². The Hall–Kier alpha value is -4.83. The first-order valence-corrected chi connectivity index (χ1v) is 65.8. The number of carbonyl (C=O) groups is 3. The van der Waals surface area contributed by atoms with Crippen molar-refractivity contribution in [2.45, 2.75) is 626 Å². The van der Waals surface area contributed by atoms with Gasteiger partial charge >= 0.3 is 0 Å². The van der Waals surface area contributed by atoms with Gasteiger partial charge in [0.2, 0.25) is 17.7 Å². The van der Waals surface area contributed by atoms with Gasteiger partial charge in [0.1, 0.15) is 0 Å². The molecule has 0 aliphatic heterocycles. The number of amides is 3. The lowest BCUT2D eigenvalue weighted by Gasteiger charge is -2.76. The Morgan fingerprint density at radius 3 is 0.595 bits per heavy atom. The van der Waals surface area contributed by atoms with E-state index < -0.39 is 21.7 Å². The minimum atomic E-state index is -1.04. The molecule has 4 aliphatic carbocycles. The van der Waals surface area contributed by atoms with Gasteiger partial charge in [0.05, 0.1) is 16.2 Å². The SMILES string of the molecule is CCCCC/C=C\C/C=C\CCCCCCCCN(CCCCCCCC/C=C\C/C=C\CCCCC)CCCCCCC1C2(C(N)=O)CC3CC(C(N)=O)(C2)C(CCCCCCN(CCCCCCCC/C=C\C/C=C\CCCCC)CCCCCCCC/C=C\C/C=C\CCCCC)(CCCCCCN(CCCCCCCC/C=C\C/C=C\CCCCC)CCCCCCCC/C=C\C/C=C\CCCCC)C1(C(N)=O)C3. The van der Waals surface area contributed by atoms with Crippen molar-refractivity contribution in [3.63, 3.8) is 0 Å². The average molecular weight is 2050 g/mol. The van der Waals surface area contributed by atoms with Crippen LogP contribution in [0.3, 0.4) is 0 Å². The molecule has 854 valence electrons. The second-order valence-electron chi connectivity index (χ2n) is 47.2. The van der Waals surface area contributed by atoms with Gasteiger partial charge in [0.15, 0.2) is 0 Å². The number of hydrogen-bond acceptors (Lipinski definition) is 6. The summed E-state index contributed by atoms with van der Waals surface area (Å²) >= 11 is 0. The number of primary amides is 3. The van der Waals surface area contributed by atoms with Crippen LogP contribution in [-0.2, 0) is 14.4 Å². The molecule has 4 aliphatic rings. The Morgan fingerprint density at radius 1 is 0.209 bits per heavy atom. The van der Waals surface area contributed by atoms with E-state index in [1.165, 1.54) is 463 Å². The summed E-state index contributed by atoms with van der Waals surface area (Å²) in [6.45, 7) is 24.2. The molecule has 0 heterocycles. The molecule has 0 aromatic heterocycles. The maximum Gasteiger partial charge on any atom is 0.224 e. The lowest BCUT2D eigenvalue weighted by molar-refractivity contribution is -0.277. The Bertz CT molecular complexity index is 3110. The average Bonchev–Trinajstić information content (AvgIpc) is 0.643. The summed E-state index contributed by atoms with van der Waals surface area (Å²) in [4.78, 5) is 54.8. The molecule has 4 rings (SSSR count). The monoisotopic (exact) mass is 2050 g/mol. The third kappa shape index (κ3) is 68.5. The highest BCUT2D eigenvalue weighted by Gasteiger charge is 2.82. The van der Waals surface area contributed by atoms with Crippen molar-refractivity contribution in [2.24, 2.45) is 50.7 Å². The van der Waals surface area contributed by atoms with Crippen LogP contribution in [0.15, 0.2) is 146 Å². The van der Waals surface area contributed by atoms with Crippen molar-refractivity contribution < 1.29 is 14.4 Å². The van der Waals surface area contributed by atoms with Crippen LogP contribution in [0.1, 0.15) is 626 Å². The molecular weight excluding hydrogens is 1800 g/mol. The molecule has 5 atom stereocenters. The molecule has 0 aromatic carbocycles. The second kappa shape index (κ2) is 101. The lowest BCUT2D eigenvalue weighted by Crippen LogP contribution is -2.79. The first kappa shape index (κ1) is 137. The first-order chi connectivity index (χ1) is 72.9. The van der Waals surface area contributed by atoms with Crippen LogP contribution in [0, 0.1) is 33.5 Å². The number of unbranched alkanes of at least 4 members (excludes halogenated alkanes) is 63. The molecule has 5 unspecified atom stereocenters. The minimum absolute atomic E-state index is 0.00704. The van der Waals surface area contributed by atoms with Gasteiger partial charge in [0, 0.05) is 0 Å². The summed E-state index contributed by atoms with van der Waals surface area (Å²) in [6, 6.07) is 0. The van der Waals surface area contributed by atoms with Crippen molar-refractivity contribution in [2.75, 3.05) is 58.9 Å². The van der Waals surface area contributed by atoms with Crippen molar-refractivity contribution in [1.82, 2.24) is 14.7 Å². The molecular formula is C139H250N6O3. The van der Waals surface area contributed by atoms with Crippen LogP contribution in [0.25, 0.3) is 0 Å². The Kier molecular flexibility index (Phi) is 94.1. The molecule has 0 spiro atoms. The zero-order chi connectivity index (χ0) is 106. The zero-order valence-electron chi connectivity index (χ0n) is 99.5. The molecule has 4 fully saturated rings. The van der Waals surface area contributed by atoms with Crippen LogP contribution in [0.4, 0.5) is 0 Å². The van der Waals surface area contributed by atoms with Crippen molar-refractivity contribution in [3.8, 4) is 0 Å². The predicted molar refractivity (Wildman–Crippen MR) is 657 cm³/mol. The highest BCUT2D eigenvalue weighted by Crippen LogP contribution is 2.82. The van der Waals surface area contributed by atoms with E-state index in [1.54, 1.807) is 0 Å². The van der Waals surface area contributed by atoms with Gasteiger partial charge in [-0.2, -0.15) is 0 Å². The molecule has 0 radical (unpaired) electrons. The summed E-state index contributed by atoms with van der Waals surface area (Å²) < 4.78 is 0. The maximum absolute atomic E-state index is 15.9. The van der Waals surface area contributed by atoms with Crippen molar-refractivity contribution in [3.05, 3.63) is 146 Å². The predicted octanol–water partition coefficient (Wildman–Crippen LogP) is 41.9. The largest absolute Gasteiger partial charge is 0.369 e. The Labute approximate surface area is 922 Å². The normalized spacial score (nSPS) is 18.1. The number of hydrogen-bond donors (Lipinski definition) is 3. The number of carbonyl (C=O) groups excluding carboxylic acids is 3. The van der Waals surface area contributed by atoms with E-state index in [0.717, 1.165) is 154 Å². The van der Waals surface area contributed by atoms with E-state index in [-0.39, 0.29) is 29.6 Å². The fourth-order valence-corrected chi connectivity index (χ4v) is 25.6. The van der Waals surface area contributed by atoms with Crippen LogP contribution < -0.4 is 17.2 Å². The van der Waals surface area contributed by atoms with E-state index in [2.05, 4.69) is 202 Å².